The molecule has 98 valence electrons. The van der Waals surface area contributed by atoms with Gasteiger partial charge in [-0.2, -0.15) is 0 Å². The van der Waals surface area contributed by atoms with Gasteiger partial charge in [0.05, 0.1) is 12.7 Å². The number of carbonyl (C=O) groups excluding carboxylic acids is 1. The van der Waals surface area contributed by atoms with E-state index in [1.807, 2.05) is 0 Å². The highest BCUT2D eigenvalue weighted by atomic mass is 19.3. The topological polar surface area (TPSA) is 82.6 Å². The average Bonchev–Trinajstić information content (AvgIpc) is 2.75. The molecule has 0 bridgehead atoms. The Morgan fingerprint density at radius 2 is 2.28 bits per heavy atom. The standard InChI is InChI=1S/C10H9F2NO5/c11-10(12)5-6(10)3-4-17-9(14)7-1-2-8(18-7)13(15)16/h1-2,6H,3-5H2. The van der Waals surface area contributed by atoms with Gasteiger partial charge in [0.25, 0.3) is 5.92 Å². The van der Waals surface area contributed by atoms with Crippen molar-refractivity contribution >= 4 is 11.9 Å². The van der Waals surface area contributed by atoms with Crippen LogP contribution in [0.4, 0.5) is 14.7 Å². The number of rotatable bonds is 5. The van der Waals surface area contributed by atoms with Crippen LogP contribution in [0.2, 0.25) is 0 Å². The maximum absolute atomic E-state index is 12.5. The minimum atomic E-state index is -2.64. The largest absolute Gasteiger partial charge is 0.460 e. The normalized spacial score (nSPS) is 20.4. The molecule has 1 heterocycles. The maximum atomic E-state index is 12.5. The van der Waals surface area contributed by atoms with E-state index in [0.29, 0.717) is 0 Å². The van der Waals surface area contributed by atoms with Gasteiger partial charge in [-0.3, -0.25) is 10.1 Å². The van der Waals surface area contributed by atoms with E-state index in [-0.39, 0.29) is 25.2 Å². The molecule has 1 fully saturated rings. The quantitative estimate of drug-likeness (QED) is 0.461. The van der Waals surface area contributed by atoms with Gasteiger partial charge in [-0.05, 0) is 12.5 Å². The summed E-state index contributed by atoms with van der Waals surface area (Å²) in [6.07, 6.45) is -0.113. The summed E-state index contributed by atoms with van der Waals surface area (Å²) in [5.74, 6) is -5.17. The fraction of sp³-hybridized carbons (Fsp3) is 0.500. The Balaban J connectivity index is 1.79. The average molecular weight is 261 g/mol. The molecule has 1 aliphatic carbocycles. The fourth-order valence-electron chi connectivity index (χ4n) is 1.48. The fourth-order valence-corrected chi connectivity index (χ4v) is 1.48. The number of furan rings is 1. The SMILES string of the molecule is O=C(OCCC1CC1(F)F)c1ccc([N+](=O)[O-])o1. The Morgan fingerprint density at radius 3 is 2.78 bits per heavy atom. The van der Waals surface area contributed by atoms with Crippen LogP contribution in [0.25, 0.3) is 0 Å². The lowest BCUT2D eigenvalue weighted by atomic mass is 10.3. The van der Waals surface area contributed by atoms with E-state index in [9.17, 15) is 23.7 Å². The van der Waals surface area contributed by atoms with Gasteiger partial charge >= 0.3 is 11.9 Å². The second kappa shape index (κ2) is 4.35. The predicted octanol–water partition coefficient (Wildman–Crippen LogP) is 2.39. The summed E-state index contributed by atoms with van der Waals surface area (Å²) in [5, 5.41) is 10.3. The molecule has 1 saturated carbocycles. The molecule has 2 rings (SSSR count). The zero-order chi connectivity index (χ0) is 13.3. The first kappa shape index (κ1) is 12.5. The van der Waals surface area contributed by atoms with Crippen molar-refractivity contribution in [2.24, 2.45) is 5.92 Å². The summed E-state index contributed by atoms with van der Waals surface area (Å²) >= 11 is 0. The molecule has 6 nitrogen and oxygen atoms in total. The minimum absolute atomic E-state index is 0.0710. The van der Waals surface area contributed by atoms with Crippen LogP contribution in [-0.2, 0) is 4.74 Å². The first-order valence-corrected chi connectivity index (χ1v) is 5.19. The van der Waals surface area contributed by atoms with Crippen LogP contribution in [0, 0.1) is 16.0 Å². The smallest absolute Gasteiger partial charge is 0.433 e. The molecule has 18 heavy (non-hydrogen) atoms. The molecule has 0 N–H and O–H groups in total. The van der Waals surface area contributed by atoms with Crippen LogP contribution in [0.15, 0.2) is 16.5 Å². The molecule has 1 unspecified atom stereocenters. The van der Waals surface area contributed by atoms with E-state index < -0.39 is 28.6 Å². The number of halogens is 2. The van der Waals surface area contributed by atoms with Crippen molar-refractivity contribution in [3.63, 3.8) is 0 Å². The highest BCUT2D eigenvalue weighted by Gasteiger charge is 2.56. The van der Waals surface area contributed by atoms with E-state index in [1.54, 1.807) is 0 Å². The summed E-state index contributed by atoms with van der Waals surface area (Å²) in [6.45, 7) is -0.159. The van der Waals surface area contributed by atoms with Crippen LogP contribution < -0.4 is 0 Å². The second-order valence-electron chi connectivity index (χ2n) is 3.98. The van der Waals surface area contributed by atoms with Crippen LogP contribution >= 0.6 is 0 Å². The Morgan fingerprint density at radius 1 is 1.61 bits per heavy atom. The van der Waals surface area contributed by atoms with E-state index >= 15 is 0 Å². The second-order valence-corrected chi connectivity index (χ2v) is 3.98. The predicted molar refractivity (Wildman–Crippen MR) is 53.3 cm³/mol. The third-order valence-electron chi connectivity index (χ3n) is 2.63. The van der Waals surface area contributed by atoms with Gasteiger partial charge in [-0.15, -0.1) is 0 Å². The first-order valence-electron chi connectivity index (χ1n) is 5.19. The molecule has 0 spiro atoms. The third kappa shape index (κ3) is 2.63. The molecule has 1 atom stereocenters. The van der Waals surface area contributed by atoms with Crippen molar-refractivity contribution in [1.82, 2.24) is 0 Å². The Kier molecular flexibility index (Phi) is 3.02. The van der Waals surface area contributed by atoms with Gasteiger partial charge in [-0.1, -0.05) is 0 Å². The van der Waals surface area contributed by atoms with Gasteiger partial charge in [0.1, 0.15) is 4.92 Å². The third-order valence-corrected chi connectivity index (χ3v) is 2.63. The van der Waals surface area contributed by atoms with E-state index in [2.05, 4.69) is 9.15 Å². The summed E-state index contributed by atoms with van der Waals surface area (Å²) in [4.78, 5) is 20.8. The van der Waals surface area contributed by atoms with Gasteiger partial charge in [-0.25, -0.2) is 13.6 Å². The number of hydrogen-bond donors (Lipinski definition) is 0. The first-order chi connectivity index (χ1) is 8.40. The number of alkyl halides is 2. The van der Waals surface area contributed by atoms with E-state index in [4.69, 9.17) is 0 Å². The molecule has 0 amide bonds. The maximum Gasteiger partial charge on any atom is 0.433 e. The lowest BCUT2D eigenvalue weighted by molar-refractivity contribution is -0.402. The van der Waals surface area contributed by atoms with Gasteiger partial charge in [0, 0.05) is 12.3 Å². The van der Waals surface area contributed by atoms with Gasteiger partial charge < -0.3 is 9.15 Å². The lowest BCUT2D eigenvalue weighted by Gasteiger charge is -2.01. The molecule has 0 aromatic carbocycles. The number of carbonyl (C=O) groups is 1. The van der Waals surface area contributed by atoms with Crippen molar-refractivity contribution in [2.45, 2.75) is 18.8 Å². The zero-order valence-corrected chi connectivity index (χ0v) is 9.10. The lowest BCUT2D eigenvalue weighted by Crippen LogP contribution is -2.07. The highest BCUT2D eigenvalue weighted by Crippen LogP contribution is 2.50. The number of hydrogen-bond acceptors (Lipinski definition) is 5. The molecule has 1 aromatic heterocycles. The zero-order valence-electron chi connectivity index (χ0n) is 9.10. The number of nitro groups is 1. The molecule has 8 heteroatoms. The van der Waals surface area contributed by atoms with Crippen LogP contribution in [0.5, 0.6) is 0 Å². The van der Waals surface area contributed by atoms with Crippen molar-refractivity contribution in [3.05, 3.63) is 28.0 Å². The monoisotopic (exact) mass is 261 g/mol. The Labute approximate surface area is 99.7 Å². The van der Waals surface area contributed by atoms with Crippen molar-refractivity contribution in [3.8, 4) is 0 Å². The molecule has 0 radical (unpaired) electrons. The number of nitrogens with zero attached hydrogens (tertiary/aromatic N) is 1. The molecule has 1 aliphatic rings. The summed E-state index contributed by atoms with van der Waals surface area (Å²) in [5.41, 5.74) is 0. The molecule has 1 aromatic rings. The minimum Gasteiger partial charge on any atom is -0.460 e. The molecule has 0 saturated heterocycles. The summed E-state index contributed by atoms with van der Waals surface area (Å²) in [7, 11) is 0. The summed E-state index contributed by atoms with van der Waals surface area (Å²) in [6, 6.07) is 2.12. The van der Waals surface area contributed by atoms with Crippen LogP contribution in [0.1, 0.15) is 23.4 Å². The molecular weight excluding hydrogens is 252 g/mol. The number of esters is 1. The summed E-state index contributed by atoms with van der Waals surface area (Å²) < 4.78 is 34.3. The van der Waals surface area contributed by atoms with Crippen LogP contribution in [-0.4, -0.2) is 23.4 Å². The van der Waals surface area contributed by atoms with E-state index in [0.717, 1.165) is 12.1 Å². The number of ether oxygens (including phenoxy) is 1. The van der Waals surface area contributed by atoms with E-state index in [1.165, 1.54) is 0 Å². The van der Waals surface area contributed by atoms with Gasteiger partial charge in [0.2, 0.25) is 5.76 Å². The van der Waals surface area contributed by atoms with Gasteiger partial charge in [0.15, 0.2) is 0 Å². The van der Waals surface area contributed by atoms with Crippen molar-refractivity contribution in [2.75, 3.05) is 6.61 Å². The Hall–Kier alpha value is -1.99. The van der Waals surface area contributed by atoms with Crippen molar-refractivity contribution in [1.29, 1.82) is 0 Å². The molecular formula is C10H9F2NO5. The Bertz CT molecular complexity index is 484. The van der Waals surface area contributed by atoms with Crippen LogP contribution in [0.3, 0.4) is 0 Å². The highest BCUT2D eigenvalue weighted by molar-refractivity contribution is 5.86. The van der Waals surface area contributed by atoms with Crippen molar-refractivity contribution < 1.29 is 27.7 Å². The molecule has 0 aliphatic heterocycles.